The van der Waals surface area contributed by atoms with Gasteiger partial charge in [-0.05, 0) is 158 Å². The zero-order valence-corrected chi connectivity index (χ0v) is 43.1. The average Bonchev–Trinajstić information content (AvgIpc) is 3.94. The van der Waals surface area contributed by atoms with Crippen LogP contribution in [0.2, 0.25) is 0 Å². The van der Waals surface area contributed by atoms with Crippen LogP contribution in [0.15, 0.2) is 95.4 Å². The van der Waals surface area contributed by atoms with Gasteiger partial charge >= 0.3 is 6.85 Å². The Bertz CT molecular complexity index is 3680. The highest BCUT2D eigenvalue weighted by molar-refractivity contribution is 7.26. The van der Waals surface area contributed by atoms with Crippen LogP contribution in [0.4, 0.5) is 17.1 Å². The maximum atomic E-state index is 7.74. The van der Waals surface area contributed by atoms with Crippen molar-refractivity contribution in [2.75, 3.05) is 4.90 Å². The minimum Gasteiger partial charge on any atom is -0.466 e. The molecule has 13 rings (SSSR count). The van der Waals surface area contributed by atoms with Crippen molar-refractivity contribution in [2.24, 2.45) is 0 Å². The summed E-state index contributed by atoms with van der Waals surface area (Å²) >= 11 is 1.97. The van der Waals surface area contributed by atoms with E-state index in [0.29, 0.717) is 0 Å². The lowest BCUT2D eigenvalue weighted by Gasteiger charge is -2.43. The van der Waals surface area contributed by atoms with Crippen molar-refractivity contribution < 1.29 is 4.42 Å². The van der Waals surface area contributed by atoms with E-state index in [1.807, 2.05) is 11.3 Å². The number of furan rings is 1. The number of rotatable bonds is 1. The van der Waals surface area contributed by atoms with Crippen molar-refractivity contribution in [3.63, 3.8) is 0 Å². The number of nitrogens with zero attached hydrogens (tertiary/aromatic N) is 2. The van der Waals surface area contributed by atoms with Gasteiger partial charge in [0.2, 0.25) is 0 Å². The average molecular weight is 897 g/mol. The lowest BCUT2D eigenvalue weighted by atomic mass is 9.47. The van der Waals surface area contributed by atoms with E-state index in [2.05, 4.69) is 197 Å². The fourth-order valence-corrected chi connectivity index (χ4v) is 14.4. The van der Waals surface area contributed by atoms with E-state index in [1.54, 1.807) is 0 Å². The molecule has 5 heterocycles. The molecule has 6 aromatic carbocycles. The summed E-state index contributed by atoms with van der Waals surface area (Å²) in [4.78, 5) is 2.67. The van der Waals surface area contributed by atoms with Gasteiger partial charge < -0.3 is 13.8 Å². The molecule has 3 aromatic heterocycles. The summed E-state index contributed by atoms with van der Waals surface area (Å²) in [7, 11) is 0. The van der Waals surface area contributed by atoms with E-state index >= 15 is 0 Å². The molecule has 338 valence electrons. The molecule has 0 bridgehead atoms. The molecule has 0 atom stereocenters. The first-order valence-corrected chi connectivity index (χ1v) is 25.9. The second-order valence-corrected chi connectivity index (χ2v) is 26.9. The highest BCUT2D eigenvalue weighted by Gasteiger charge is 2.49. The van der Waals surface area contributed by atoms with E-state index < -0.39 is 0 Å². The third-order valence-electron chi connectivity index (χ3n) is 17.6. The van der Waals surface area contributed by atoms with Crippen LogP contribution in [0.25, 0.3) is 64.1 Å². The lowest BCUT2D eigenvalue weighted by molar-refractivity contribution is 0.332. The Hall–Kier alpha value is -5.26. The van der Waals surface area contributed by atoms with Crippen molar-refractivity contribution >= 4 is 99.3 Å². The predicted molar refractivity (Wildman–Crippen MR) is 291 cm³/mol. The SMILES string of the molecule is CC(C)(C)c1ccc2c(c1)c1cc(C(C)(C)C)cc3c1n2B1c2oc4cc5c(cc4c2N(c2ccc4c(c2)C(C)(C)CCC4(C)C)c2cc4c(sc6ccccc64)c-3c21)C(C)(C)CCC5(C)C. The third kappa shape index (κ3) is 5.58. The van der Waals surface area contributed by atoms with Gasteiger partial charge in [-0.1, -0.05) is 127 Å². The second kappa shape index (κ2) is 12.9. The van der Waals surface area contributed by atoms with E-state index in [0.717, 1.165) is 30.5 Å². The first-order chi connectivity index (χ1) is 31.4. The molecule has 0 saturated carbocycles. The molecule has 0 N–H and O–H groups in total. The number of hydrogen-bond acceptors (Lipinski definition) is 3. The highest BCUT2D eigenvalue weighted by atomic mass is 32.1. The van der Waals surface area contributed by atoms with Gasteiger partial charge in [-0.2, -0.15) is 0 Å². The smallest absolute Gasteiger partial charge is 0.376 e. The molecular formula is C62H65BN2OS. The molecular weight excluding hydrogens is 832 g/mol. The first kappa shape index (κ1) is 41.9. The standard InChI is InChI=1S/C62H65BN2OS/c1-57(2,3)34-19-22-47-38(27-34)39-28-35(58(4,5)6)29-42-51-52-48(32-40-37-17-15-16-18-50(37)67-55(40)51)64(36-20-21-43-44(30-36)60(9,10)24-23-59(43,7)8)54-41-31-45-46(62(13,14)26-25-61(45,11)12)33-49(41)66-56(54)63(52)65(47)53(39)42/h15-22,27-33H,23-26H2,1-14H3. The van der Waals surface area contributed by atoms with Gasteiger partial charge in [0.05, 0.1) is 5.69 Å². The molecule has 9 aromatic rings. The fourth-order valence-electron chi connectivity index (χ4n) is 13.2. The molecule has 0 spiro atoms. The summed E-state index contributed by atoms with van der Waals surface area (Å²) in [5.41, 5.74) is 21.2. The van der Waals surface area contributed by atoms with E-state index in [9.17, 15) is 0 Å². The number of aromatic nitrogens is 1. The van der Waals surface area contributed by atoms with Gasteiger partial charge in [0.15, 0.2) is 0 Å². The third-order valence-corrected chi connectivity index (χ3v) is 18.8. The first-order valence-electron chi connectivity index (χ1n) is 25.1. The maximum Gasteiger partial charge on any atom is 0.376 e. The summed E-state index contributed by atoms with van der Waals surface area (Å²) < 4.78 is 13.2. The Balaban J connectivity index is 1.25. The molecule has 5 heteroatoms. The van der Waals surface area contributed by atoms with Gasteiger partial charge in [0.25, 0.3) is 0 Å². The minimum absolute atomic E-state index is 0.00317. The molecule has 2 aliphatic carbocycles. The van der Waals surface area contributed by atoms with Crippen LogP contribution in [0.3, 0.4) is 0 Å². The van der Waals surface area contributed by atoms with Crippen LogP contribution < -0.4 is 16.0 Å². The monoisotopic (exact) mass is 896 g/mol. The molecule has 2 aliphatic heterocycles. The van der Waals surface area contributed by atoms with Gasteiger partial charge in [-0.15, -0.1) is 11.3 Å². The van der Waals surface area contributed by atoms with Crippen molar-refractivity contribution in [2.45, 2.75) is 155 Å². The zero-order chi connectivity index (χ0) is 46.9. The Labute approximate surface area is 401 Å². The van der Waals surface area contributed by atoms with Gasteiger partial charge in [0, 0.05) is 69.9 Å². The Morgan fingerprint density at radius 2 is 1.19 bits per heavy atom. The van der Waals surface area contributed by atoms with Gasteiger partial charge in [0.1, 0.15) is 11.2 Å². The Kier molecular flexibility index (Phi) is 8.05. The van der Waals surface area contributed by atoms with Crippen molar-refractivity contribution in [3.8, 4) is 11.1 Å². The van der Waals surface area contributed by atoms with E-state index in [-0.39, 0.29) is 39.3 Å². The number of thiophene rings is 1. The molecule has 0 radical (unpaired) electrons. The molecule has 0 unspecified atom stereocenters. The second-order valence-electron chi connectivity index (χ2n) is 25.9. The number of benzene rings is 6. The fraction of sp³-hybridized carbons (Fsp3) is 0.387. The summed E-state index contributed by atoms with van der Waals surface area (Å²) in [6.07, 6.45) is 4.67. The van der Waals surface area contributed by atoms with Crippen LogP contribution in [0.5, 0.6) is 0 Å². The van der Waals surface area contributed by atoms with Gasteiger partial charge in [-0.3, -0.25) is 0 Å². The molecule has 4 aliphatic rings. The van der Waals surface area contributed by atoms with Crippen molar-refractivity contribution in [3.05, 3.63) is 124 Å². The van der Waals surface area contributed by atoms with Crippen LogP contribution in [-0.2, 0) is 32.5 Å². The summed E-state index contributed by atoms with van der Waals surface area (Å²) in [5.74, 6) is 0. The van der Waals surface area contributed by atoms with Gasteiger partial charge in [-0.25, -0.2) is 0 Å². The minimum atomic E-state index is -0.183. The predicted octanol–water partition coefficient (Wildman–Crippen LogP) is 16.6. The number of fused-ring (bicyclic) bond motifs is 15. The topological polar surface area (TPSA) is 21.3 Å². The molecule has 0 amide bonds. The quantitative estimate of drug-likeness (QED) is 0.153. The molecule has 3 nitrogen and oxygen atoms in total. The van der Waals surface area contributed by atoms with Crippen LogP contribution in [0.1, 0.15) is 156 Å². The van der Waals surface area contributed by atoms with Crippen LogP contribution >= 0.6 is 11.3 Å². The van der Waals surface area contributed by atoms with Crippen molar-refractivity contribution in [1.29, 1.82) is 0 Å². The largest absolute Gasteiger partial charge is 0.466 e. The number of anilines is 3. The Morgan fingerprint density at radius 3 is 1.88 bits per heavy atom. The Morgan fingerprint density at radius 1 is 0.567 bits per heavy atom. The van der Waals surface area contributed by atoms with E-state index in [1.165, 1.54) is 121 Å². The summed E-state index contributed by atoms with van der Waals surface area (Å²) in [6.45, 7) is 33.6. The van der Waals surface area contributed by atoms with Crippen LogP contribution in [-0.4, -0.2) is 11.3 Å². The summed E-state index contributed by atoms with van der Waals surface area (Å²) in [5, 5.41) is 6.55. The molecule has 0 fully saturated rings. The van der Waals surface area contributed by atoms with Crippen molar-refractivity contribution in [1.82, 2.24) is 4.48 Å². The highest BCUT2D eigenvalue weighted by Crippen LogP contribution is 2.56. The van der Waals surface area contributed by atoms with Crippen LogP contribution in [0, 0.1) is 0 Å². The van der Waals surface area contributed by atoms with E-state index in [4.69, 9.17) is 4.42 Å². The molecule has 67 heavy (non-hydrogen) atoms. The number of hydrogen-bond donors (Lipinski definition) is 0. The normalized spacial score (nSPS) is 18.8. The molecule has 0 saturated heterocycles. The lowest BCUT2D eigenvalue weighted by Crippen LogP contribution is -2.56. The zero-order valence-electron chi connectivity index (χ0n) is 42.3. The maximum absolute atomic E-state index is 7.74. The summed E-state index contributed by atoms with van der Waals surface area (Å²) in [6, 6.07) is 36.7.